The van der Waals surface area contributed by atoms with Crippen molar-refractivity contribution in [3.05, 3.63) is 53.7 Å². The van der Waals surface area contributed by atoms with Crippen LogP contribution >= 0.6 is 0 Å². The van der Waals surface area contributed by atoms with Crippen LogP contribution in [0.25, 0.3) is 0 Å². The number of hydrogen-bond acceptors (Lipinski definition) is 3. The van der Waals surface area contributed by atoms with Gasteiger partial charge >= 0.3 is 0 Å². The zero-order valence-corrected chi connectivity index (χ0v) is 12.5. The molecule has 1 fully saturated rings. The molecule has 1 atom stereocenters. The van der Waals surface area contributed by atoms with Gasteiger partial charge < -0.3 is 14.6 Å². The summed E-state index contributed by atoms with van der Waals surface area (Å²) in [5.41, 5.74) is 1.07. The number of nitrogens with one attached hydrogen (secondary N) is 1. The molecule has 0 radical (unpaired) electrons. The van der Waals surface area contributed by atoms with Crippen molar-refractivity contribution in [3.63, 3.8) is 0 Å². The number of benzene rings is 1. The summed E-state index contributed by atoms with van der Waals surface area (Å²) >= 11 is 0. The number of para-hydroxylation sites is 1. The quantitative estimate of drug-likeness (QED) is 0.944. The summed E-state index contributed by atoms with van der Waals surface area (Å²) in [4.78, 5) is 14.3. The van der Waals surface area contributed by atoms with Gasteiger partial charge in [-0.05, 0) is 44.4 Å². The molecule has 1 aliphatic heterocycles. The first kappa shape index (κ1) is 14.6. The fourth-order valence-electron chi connectivity index (χ4n) is 2.90. The van der Waals surface area contributed by atoms with E-state index in [9.17, 15) is 9.18 Å². The summed E-state index contributed by atoms with van der Waals surface area (Å²) in [5.74, 6) is 0.147. The third-order valence-electron chi connectivity index (χ3n) is 4.07. The summed E-state index contributed by atoms with van der Waals surface area (Å²) in [5, 5.41) is 3.00. The summed E-state index contributed by atoms with van der Waals surface area (Å²) in [7, 11) is 0. The van der Waals surface area contributed by atoms with Crippen LogP contribution in [0.1, 0.15) is 35.4 Å². The molecule has 1 aromatic carbocycles. The van der Waals surface area contributed by atoms with Crippen LogP contribution in [0.3, 0.4) is 0 Å². The van der Waals surface area contributed by atoms with Gasteiger partial charge in [0, 0.05) is 6.54 Å². The van der Waals surface area contributed by atoms with E-state index in [0.717, 1.165) is 25.8 Å². The molecule has 0 saturated carbocycles. The molecule has 1 unspecified atom stereocenters. The minimum absolute atomic E-state index is 0.181. The average molecular weight is 302 g/mol. The van der Waals surface area contributed by atoms with E-state index in [-0.39, 0.29) is 17.9 Å². The molecule has 1 aliphatic rings. The van der Waals surface area contributed by atoms with E-state index in [1.807, 2.05) is 11.0 Å². The molecule has 116 valence electrons. The van der Waals surface area contributed by atoms with E-state index in [0.29, 0.717) is 17.0 Å². The Morgan fingerprint density at radius 1 is 1.32 bits per heavy atom. The van der Waals surface area contributed by atoms with Crippen LogP contribution in [-0.2, 0) is 0 Å². The molecular formula is C17H19FN2O2. The second-order valence-electron chi connectivity index (χ2n) is 5.52. The number of carbonyl (C=O) groups excluding carboxylic acids is 1. The largest absolute Gasteiger partial charge is 0.469 e. The number of carbonyl (C=O) groups is 1. The van der Waals surface area contributed by atoms with Gasteiger partial charge in [0.15, 0.2) is 0 Å². The Hall–Kier alpha value is -2.30. The maximum Gasteiger partial charge on any atom is 0.256 e. The normalized spacial score (nSPS) is 18.3. The Morgan fingerprint density at radius 2 is 2.14 bits per heavy atom. The SMILES string of the molecule is Cc1occc1C(=O)NC1CCCCN1c1ccccc1F. The van der Waals surface area contributed by atoms with Crippen LogP contribution in [0.4, 0.5) is 10.1 Å². The summed E-state index contributed by atoms with van der Waals surface area (Å²) in [6, 6.07) is 8.34. The summed E-state index contributed by atoms with van der Waals surface area (Å²) in [6.45, 7) is 2.49. The second-order valence-corrected chi connectivity index (χ2v) is 5.52. The molecule has 0 bridgehead atoms. The number of halogens is 1. The van der Waals surface area contributed by atoms with Crippen LogP contribution in [0, 0.1) is 12.7 Å². The molecule has 1 aromatic heterocycles. The van der Waals surface area contributed by atoms with Crippen LogP contribution in [0.15, 0.2) is 41.0 Å². The zero-order valence-electron chi connectivity index (χ0n) is 12.5. The molecule has 1 saturated heterocycles. The topological polar surface area (TPSA) is 45.5 Å². The first-order chi connectivity index (χ1) is 10.7. The molecule has 3 rings (SSSR count). The summed E-state index contributed by atoms with van der Waals surface area (Å²) < 4.78 is 19.2. The number of nitrogens with zero attached hydrogens (tertiary/aromatic N) is 1. The Bertz CT molecular complexity index is 668. The van der Waals surface area contributed by atoms with Crippen molar-refractivity contribution in [1.82, 2.24) is 5.32 Å². The highest BCUT2D eigenvalue weighted by Crippen LogP contribution is 2.26. The number of anilines is 1. The lowest BCUT2D eigenvalue weighted by atomic mass is 10.1. The van der Waals surface area contributed by atoms with E-state index in [4.69, 9.17) is 4.42 Å². The molecular weight excluding hydrogens is 283 g/mol. The Morgan fingerprint density at radius 3 is 2.86 bits per heavy atom. The van der Waals surface area contributed by atoms with Gasteiger partial charge in [-0.25, -0.2) is 4.39 Å². The minimum Gasteiger partial charge on any atom is -0.469 e. The number of aryl methyl sites for hydroxylation is 1. The van der Waals surface area contributed by atoms with Crippen molar-refractivity contribution in [2.75, 3.05) is 11.4 Å². The van der Waals surface area contributed by atoms with Gasteiger partial charge in [-0.2, -0.15) is 0 Å². The molecule has 0 spiro atoms. The third kappa shape index (κ3) is 2.84. The number of hydrogen-bond donors (Lipinski definition) is 1. The monoisotopic (exact) mass is 302 g/mol. The molecule has 4 nitrogen and oxygen atoms in total. The fraction of sp³-hybridized carbons (Fsp3) is 0.353. The van der Waals surface area contributed by atoms with Crippen molar-refractivity contribution in [2.24, 2.45) is 0 Å². The Kier molecular flexibility index (Phi) is 4.13. The third-order valence-corrected chi connectivity index (χ3v) is 4.07. The highest BCUT2D eigenvalue weighted by Gasteiger charge is 2.27. The minimum atomic E-state index is -0.261. The highest BCUT2D eigenvalue weighted by molar-refractivity contribution is 5.95. The first-order valence-electron chi connectivity index (χ1n) is 7.53. The van der Waals surface area contributed by atoms with Gasteiger partial charge in [-0.3, -0.25) is 4.79 Å². The average Bonchev–Trinajstić information content (AvgIpc) is 2.95. The molecule has 0 aliphatic carbocycles. The number of piperidine rings is 1. The highest BCUT2D eigenvalue weighted by atomic mass is 19.1. The van der Waals surface area contributed by atoms with E-state index in [2.05, 4.69) is 5.32 Å². The van der Waals surface area contributed by atoms with Gasteiger partial charge in [0.25, 0.3) is 5.91 Å². The van der Waals surface area contributed by atoms with Crippen LogP contribution in [-0.4, -0.2) is 18.6 Å². The predicted molar refractivity (Wildman–Crippen MR) is 82.3 cm³/mol. The molecule has 2 heterocycles. The van der Waals surface area contributed by atoms with Gasteiger partial charge in [0.2, 0.25) is 0 Å². The van der Waals surface area contributed by atoms with Crippen LogP contribution < -0.4 is 10.2 Å². The van der Waals surface area contributed by atoms with Crippen LogP contribution in [0.5, 0.6) is 0 Å². The van der Waals surface area contributed by atoms with Gasteiger partial charge in [-0.15, -0.1) is 0 Å². The zero-order chi connectivity index (χ0) is 15.5. The molecule has 22 heavy (non-hydrogen) atoms. The van der Waals surface area contributed by atoms with Gasteiger partial charge in [0.05, 0.1) is 17.5 Å². The Balaban J connectivity index is 1.80. The molecule has 2 aromatic rings. The van der Waals surface area contributed by atoms with E-state index in [1.165, 1.54) is 12.3 Å². The molecule has 1 amide bonds. The fourth-order valence-corrected chi connectivity index (χ4v) is 2.90. The van der Waals surface area contributed by atoms with Crippen molar-refractivity contribution in [3.8, 4) is 0 Å². The Labute approximate surface area is 128 Å². The predicted octanol–water partition coefficient (Wildman–Crippen LogP) is 3.47. The lowest BCUT2D eigenvalue weighted by Crippen LogP contribution is -2.51. The van der Waals surface area contributed by atoms with Crippen molar-refractivity contribution < 1.29 is 13.6 Å². The first-order valence-corrected chi connectivity index (χ1v) is 7.53. The maximum atomic E-state index is 14.1. The van der Waals surface area contributed by atoms with Crippen molar-refractivity contribution >= 4 is 11.6 Å². The van der Waals surface area contributed by atoms with Crippen molar-refractivity contribution in [2.45, 2.75) is 32.4 Å². The van der Waals surface area contributed by atoms with Gasteiger partial charge in [0.1, 0.15) is 17.7 Å². The van der Waals surface area contributed by atoms with Crippen molar-refractivity contribution in [1.29, 1.82) is 0 Å². The summed E-state index contributed by atoms with van der Waals surface area (Å²) in [6.07, 6.45) is 4.11. The lowest BCUT2D eigenvalue weighted by Gasteiger charge is -2.38. The van der Waals surface area contributed by atoms with E-state index in [1.54, 1.807) is 25.1 Å². The standard InChI is InChI=1S/C17H19FN2O2/c1-12-13(9-11-22-12)17(21)19-16-8-4-5-10-20(16)15-7-3-2-6-14(15)18/h2-3,6-7,9,11,16H,4-5,8,10H2,1H3,(H,19,21). The van der Waals surface area contributed by atoms with Crippen LogP contribution in [0.2, 0.25) is 0 Å². The number of furan rings is 1. The number of amides is 1. The van der Waals surface area contributed by atoms with Gasteiger partial charge in [-0.1, -0.05) is 12.1 Å². The van der Waals surface area contributed by atoms with E-state index >= 15 is 0 Å². The lowest BCUT2D eigenvalue weighted by molar-refractivity contribution is 0.0928. The number of rotatable bonds is 3. The maximum absolute atomic E-state index is 14.1. The second kappa shape index (κ2) is 6.22. The molecule has 1 N–H and O–H groups in total. The van der Waals surface area contributed by atoms with E-state index < -0.39 is 0 Å². The smallest absolute Gasteiger partial charge is 0.256 e. The molecule has 5 heteroatoms.